The van der Waals surface area contributed by atoms with Gasteiger partial charge in [0.15, 0.2) is 16.7 Å². The molecule has 0 N–H and O–H groups in total. The van der Waals surface area contributed by atoms with Gasteiger partial charge in [0, 0.05) is 18.5 Å². The molecule has 3 rings (SSSR count). The van der Waals surface area contributed by atoms with Gasteiger partial charge in [-0.1, -0.05) is 31.7 Å². The van der Waals surface area contributed by atoms with Gasteiger partial charge in [-0.2, -0.15) is 0 Å². The molecule has 0 radical (unpaired) electrons. The molecule has 3 aromatic rings. The molecule has 0 saturated carbocycles. The summed E-state index contributed by atoms with van der Waals surface area (Å²) in [6, 6.07) is 9.71. The van der Waals surface area contributed by atoms with Gasteiger partial charge in [-0.3, -0.25) is 9.55 Å². The molecule has 0 aliphatic heterocycles. The third kappa shape index (κ3) is 3.39. The van der Waals surface area contributed by atoms with E-state index in [-0.39, 0.29) is 0 Å². The monoisotopic (exact) mass is 314 g/mol. The van der Waals surface area contributed by atoms with E-state index >= 15 is 0 Å². The average Bonchev–Trinajstić information content (AvgIpc) is 3.15. The highest BCUT2D eigenvalue weighted by Gasteiger charge is 2.17. The number of furan rings is 1. The Hall–Kier alpha value is -2.08. The smallest absolute Gasteiger partial charge is 0.200 e. The highest BCUT2D eigenvalue weighted by atomic mass is 32.2. The predicted octanol–water partition coefficient (Wildman–Crippen LogP) is 3.88. The van der Waals surface area contributed by atoms with Crippen molar-refractivity contribution in [2.75, 3.05) is 0 Å². The molecule has 0 spiro atoms. The summed E-state index contributed by atoms with van der Waals surface area (Å²) >= 11 is 1.65. The van der Waals surface area contributed by atoms with Crippen LogP contribution in [0, 0.1) is 5.92 Å². The lowest BCUT2D eigenvalue weighted by atomic mass is 10.2. The molecule has 0 amide bonds. The SMILES string of the molecule is CC(C)Cn1c(SCc2ccccn2)nnc1-c1ccco1. The Morgan fingerprint density at radius 3 is 2.77 bits per heavy atom. The zero-order valence-corrected chi connectivity index (χ0v) is 13.5. The van der Waals surface area contributed by atoms with Crippen LogP contribution < -0.4 is 0 Å². The van der Waals surface area contributed by atoms with E-state index in [9.17, 15) is 0 Å². The fourth-order valence-electron chi connectivity index (χ4n) is 2.14. The summed E-state index contributed by atoms with van der Waals surface area (Å²) < 4.78 is 7.60. The second-order valence-electron chi connectivity index (χ2n) is 5.40. The summed E-state index contributed by atoms with van der Waals surface area (Å²) in [6.07, 6.45) is 3.47. The van der Waals surface area contributed by atoms with Gasteiger partial charge in [0.2, 0.25) is 0 Å². The molecule has 22 heavy (non-hydrogen) atoms. The van der Waals surface area contributed by atoms with E-state index in [1.165, 1.54) is 0 Å². The van der Waals surface area contributed by atoms with E-state index in [2.05, 4.69) is 33.6 Å². The van der Waals surface area contributed by atoms with Gasteiger partial charge in [-0.15, -0.1) is 10.2 Å². The van der Waals surface area contributed by atoms with E-state index in [0.29, 0.717) is 5.92 Å². The lowest BCUT2D eigenvalue weighted by Gasteiger charge is -2.11. The Bertz CT molecular complexity index is 707. The first kappa shape index (κ1) is 14.8. The van der Waals surface area contributed by atoms with Gasteiger partial charge < -0.3 is 4.42 Å². The quantitative estimate of drug-likeness (QED) is 0.646. The Balaban J connectivity index is 1.84. The van der Waals surface area contributed by atoms with Crippen molar-refractivity contribution in [3.63, 3.8) is 0 Å². The number of nitrogens with zero attached hydrogens (tertiary/aromatic N) is 4. The van der Waals surface area contributed by atoms with E-state index in [0.717, 1.165) is 34.7 Å². The standard InChI is InChI=1S/C16H18N4OS/c1-12(2)10-20-15(14-7-5-9-21-14)18-19-16(20)22-11-13-6-3-4-8-17-13/h3-9,12H,10-11H2,1-2H3. The summed E-state index contributed by atoms with van der Waals surface area (Å²) in [4.78, 5) is 4.34. The van der Waals surface area contributed by atoms with E-state index in [1.807, 2.05) is 36.5 Å². The Morgan fingerprint density at radius 1 is 1.18 bits per heavy atom. The Labute approximate surface area is 133 Å². The lowest BCUT2D eigenvalue weighted by molar-refractivity contribution is 0.489. The van der Waals surface area contributed by atoms with Crippen LogP contribution in [0.2, 0.25) is 0 Å². The highest BCUT2D eigenvalue weighted by Crippen LogP contribution is 2.27. The van der Waals surface area contributed by atoms with Crippen LogP contribution >= 0.6 is 11.8 Å². The van der Waals surface area contributed by atoms with Crippen LogP contribution in [0.5, 0.6) is 0 Å². The minimum absolute atomic E-state index is 0.499. The molecule has 0 saturated heterocycles. The number of rotatable bonds is 6. The first-order valence-corrected chi connectivity index (χ1v) is 8.22. The Kier molecular flexibility index (Phi) is 4.58. The topological polar surface area (TPSA) is 56.7 Å². The number of thioether (sulfide) groups is 1. The molecule has 0 aliphatic carbocycles. The first-order chi connectivity index (χ1) is 10.7. The van der Waals surface area contributed by atoms with Gasteiger partial charge in [0.1, 0.15) is 0 Å². The summed E-state index contributed by atoms with van der Waals surface area (Å²) in [5, 5.41) is 9.52. The number of hydrogen-bond donors (Lipinski definition) is 0. The molecule has 0 atom stereocenters. The van der Waals surface area contributed by atoms with Gasteiger partial charge in [0.05, 0.1) is 12.0 Å². The maximum atomic E-state index is 5.47. The fraction of sp³-hybridized carbons (Fsp3) is 0.312. The summed E-state index contributed by atoms with van der Waals surface area (Å²) in [5.74, 6) is 2.80. The molecule has 114 valence electrons. The molecular weight excluding hydrogens is 296 g/mol. The van der Waals surface area contributed by atoms with Crippen molar-refractivity contribution in [1.29, 1.82) is 0 Å². The zero-order chi connectivity index (χ0) is 15.4. The Morgan fingerprint density at radius 2 is 2.09 bits per heavy atom. The lowest BCUT2D eigenvalue weighted by Crippen LogP contribution is -2.07. The van der Waals surface area contributed by atoms with Crippen LogP contribution in [0.15, 0.2) is 52.4 Å². The minimum Gasteiger partial charge on any atom is -0.461 e. The second-order valence-corrected chi connectivity index (χ2v) is 6.34. The number of hydrogen-bond acceptors (Lipinski definition) is 5. The maximum absolute atomic E-state index is 5.47. The fourth-order valence-corrected chi connectivity index (χ4v) is 3.00. The van der Waals surface area contributed by atoms with E-state index in [4.69, 9.17) is 4.42 Å². The van der Waals surface area contributed by atoms with Crippen molar-refractivity contribution in [2.24, 2.45) is 5.92 Å². The van der Waals surface area contributed by atoms with Crippen LogP contribution in [-0.2, 0) is 12.3 Å². The molecule has 0 unspecified atom stereocenters. The zero-order valence-electron chi connectivity index (χ0n) is 12.6. The van der Waals surface area contributed by atoms with Crippen molar-refractivity contribution in [1.82, 2.24) is 19.7 Å². The molecule has 5 nitrogen and oxygen atoms in total. The maximum Gasteiger partial charge on any atom is 0.200 e. The van der Waals surface area contributed by atoms with Crippen LogP contribution in [0.1, 0.15) is 19.5 Å². The van der Waals surface area contributed by atoms with Crippen LogP contribution in [0.25, 0.3) is 11.6 Å². The number of pyridine rings is 1. The average molecular weight is 314 g/mol. The van der Waals surface area contributed by atoms with Crippen LogP contribution in [0.4, 0.5) is 0 Å². The normalized spacial score (nSPS) is 11.2. The van der Waals surface area contributed by atoms with Crippen molar-refractivity contribution >= 4 is 11.8 Å². The largest absolute Gasteiger partial charge is 0.461 e. The first-order valence-electron chi connectivity index (χ1n) is 7.24. The van der Waals surface area contributed by atoms with Gasteiger partial charge in [-0.25, -0.2) is 0 Å². The molecule has 3 heterocycles. The third-order valence-electron chi connectivity index (χ3n) is 3.08. The van der Waals surface area contributed by atoms with E-state index in [1.54, 1.807) is 18.0 Å². The third-order valence-corrected chi connectivity index (χ3v) is 4.08. The van der Waals surface area contributed by atoms with Crippen molar-refractivity contribution in [2.45, 2.75) is 31.3 Å². The molecule has 0 aromatic carbocycles. The molecule has 0 bridgehead atoms. The molecule has 0 fully saturated rings. The number of aromatic nitrogens is 4. The molecule has 0 aliphatic rings. The molecule has 6 heteroatoms. The van der Waals surface area contributed by atoms with Gasteiger partial charge >= 0.3 is 0 Å². The van der Waals surface area contributed by atoms with Crippen molar-refractivity contribution in [3.05, 3.63) is 48.5 Å². The molecule has 3 aromatic heterocycles. The second kappa shape index (κ2) is 6.79. The predicted molar refractivity (Wildman–Crippen MR) is 86.4 cm³/mol. The molecular formula is C16H18N4OS. The van der Waals surface area contributed by atoms with Crippen molar-refractivity contribution < 1.29 is 4.42 Å². The van der Waals surface area contributed by atoms with Crippen molar-refractivity contribution in [3.8, 4) is 11.6 Å². The van der Waals surface area contributed by atoms with Gasteiger partial charge in [0.25, 0.3) is 0 Å². The highest BCUT2D eigenvalue weighted by molar-refractivity contribution is 7.98. The summed E-state index contributed by atoms with van der Waals surface area (Å²) in [6.45, 7) is 5.21. The summed E-state index contributed by atoms with van der Waals surface area (Å²) in [5.41, 5.74) is 1.03. The van der Waals surface area contributed by atoms with Crippen LogP contribution in [-0.4, -0.2) is 19.7 Å². The van der Waals surface area contributed by atoms with Crippen LogP contribution in [0.3, 0.4) is 0 Å². The summed E-state index contributed by atoms with van der Waals surface area (Å²) in [7, 11) is 0. The minimum atomic E-state index is 0.499. The van der Waals surface area contributed by atoms with E-state index < -0.39 is 0 Å². The van der Waals surface area contributed by atoms with Gasteiger partial charge in [-0.05, 0) is 30.2 Å².